The molecular formula is C24H23ClN6O3. The molecule has 0 spiro atoms. The van der Waals surface area contributed by atoms with Crippen LogP contribution >= 0.6 is 11.6 Å². The Morgan fingerprint density at radius 2 is 2.12 bits per heavy atom. The Balaban J connectivity index is 1.32. The van der Waals surface area contributed by atoms with Gasteiger partial charge in [0.1, 0.15) is 6.33 Å². The highest BCUT2D eigenvalue weighted by Crippen LogP contribution is 2.39. The first-order valence-electron chi connectivity index (χ1n) is 11.7. The minimum absolute atomic E-state index is 0.171. The molecule has 3 aromatic heterocycles. The zero-order chi connectivity index (χ0) is 22.6. The van der Waals surface area contributed by atoms with Gasteiger partial charge in [0.2, 0.25) is 0 Å². The molecule has 2 atom stereocenters. The second-order valence-electron chi connectivity index (χ2n) is 9.13. The molecule has 2 saturated heterocycles. The highest BCUT2D eigenvalue weighted by Gasteiger charge is 2.30. The summed E-state index contributed by atoms with van der Waals surface area (Å²) < 4.78 is 21.1. The van der Waals surface area contributed by atoms with Gasteiger partial charge in [0.25, 0.3) is 5.89 Å². The summed E-state index contributed by atoms with van der Waals surface area (Å²) in [6.45, 7) is 2.92. The summed E-state index contributed by atoms with van der Waals surface area (Å²) in [4.78, 5) is 9.37. The van der Waals surface area contributed by atoms with Crippen LogP contribution in [-0.4, -0.2) is 55.4 Å². The lowest BCUT2D eigenvalue weighted by molar-refractivity contribution is 0.0940. The third-order valence-electron chi connectivity index (χ3n) is 6.89. The first-order valence-corrected chi connectivity index (χ1v) is 12.1. The zero-order valence-corrected chi connectivity index (χ0v) is 19.2. The van der Waals surface area contributed by atoms with Gasteiger partial charge in [-0.05, 0) is 37.5 Å². The number of halogens is 1. The molecule has 0 aliphatic carbocycles. The third kappa shape index (κ3) is 3.38. The topological polar surface area (TPSA) is 93.0 Å². The van der Waals surface area contributed by atoms with Crippen LogP contribution in [-0.2, 0) is 22.4 Å². The Hall–Kier alpha value is -3.01. The molecule has 7 rings (SSSR count). The summed E-state index contributed by atoms with van der Waals surface area (Å²) in [6, 6.07) is 5.87. The van der Waals surface area contributed by atoms with Crippen LogP contribution in [0.4, 0.5) is 0 Å². The van der Waals surface area contributed by atoms with Crippen LogP contribution in [0.5, 0.6) is 0 Å². The summed E-state index contributed by atoms with van der Waals surface area (Å²) in [5.74, 6) is 1.28. The van der Waals surface area contributed by atoms with Gasteiger partial charge in [0.05, 0.1) is 36.3 Å². The molecule has 0 radical (unpaired) electrons. The molecule has 9 nitrogen and oxygen atoms in total. The van der Waals surface area contributed by atoms with E-state index in [2.05, 4.69) is 25.9 Å². The summed E-state index contributed by atoms with van der Waals surface area (Å²) >= 11 is 6.41. The van der Waals surface area contributed by atoms with Gasteiger partial charge in [-0.15, -0.1) is 0 Å². The number of ether oxygens (including phenoxy) is 2. The van der Waals surface area contributed by atoms with Crippen LogP contribution in [0.1, 0.15) is 42.3 Å². The minimum atomic E-state index is 0.171. The second kappa shape index (κ2) is 8.04. The van der Waals surface area contributed by atoms with E-state index >= 15 is 0 Å². The molecule has 4 aromatic rings. The van der Waals surface area contributed by atoms with E-state index in [4.69, 9.17) is 30.7 Å². The number of fused-ring (bicyclic) bond motifs is 5. The molecule has 2 fully saturated rings. The summed E-state index contributed by atoms with van der Waals surface area (Å²) in [5, 5.41) is 9.85. The van der Waals surface area contributed by atoms with E-state index in [0.717, 1.165) is 67.2 Å². The van der Waals surface area contributed by atoms with Crippen LogP contribution in [0.3, 0.4) is 0 Å². The Bertz CT molecular complexity index is 1360. The highest BCUT2D eigenvalue weighted by atomic mass is 35.5. The van der Waals surface area contributed by atoms with E-state index in [0.29, 0.717) is 35.5 Å². The lowest BCUT2D eigenvalue weighted by Gasteiger charge is -2.11. The molecule has 34 heavy (non-hydrogen) atoms. The van der Waals surface area contributed by atoms with Gasteiger partial charge in [0, 0.05) is 47.9 Å². The molecule has 10 heteroatoms. The molecule has 6 heterocycles. The van der Waals surface area contributed by atoms with E-state index in [1.165, 1.54) is 0 Å². The van der Waals surface area contributed by atoms with Crippen molar-refractivity contribution >= 4 is 11.6 Å². The molecule has 174 valence electrons. The largest absolute Gasteiger partial charge is 0.381 e. The zero-order valence-electron chi connectivity index (χ0n) is 18.5. The molecule has 0 saturated carbocycles. The number of nitrogens with zero attached hydrogens (tertiary/aromatic N) is 6. The minimum Gasteiger partial charge on any atom is -0.381 e. The first kappa shape index (κ1) is 20.4. The number of benzene rings is 1. The van der Waals surface area contributed by atoms with Crippen LogP contribution in [0.2, 0.25) is 5.02 Å². The van der Waals surface area contributed by atoms with E-state index in [1.54, 1.807) is 0 Å². The van der Waals surface area contributed by atoms with Gasteiger partial charge in [-0.25, -0.2) is 4.98 Å². The fourth-order valence-corrected chi connectivity index (χ4v) is 5.33. The Labute approximate surface area is 200 Å². The maximum Gasteiger partial charge on any atom is 0.278 e. The number of rotatable bonds is 4. The Morgan fingerprint density at radius 3 is 2.97 bits per heavy atom. The number of imidazole rings is 1. The van der Waals surface area contributed by atoms with Crippen molar-refractivity contribution in [1.82, 2.24) is 29.5 Å². The van der Waals surface area contributed by atoms with Crippen molar-refractivity contribution in [2.24, 2.45) is 0 Å². The van der Waals surface area contributed by atoms with Crippen LogP contribution in [0.25, 0.3) is 28.5 Å². The predicted molar refractivity (Wildman–Crippen MR) is 123 cm³/mol. The van der Waals surface area contributed by atoms with Crippen molar-refractivity contribution in [2.45, 2.75) is 44.2 Å². The summed E-state index contributed by atoms with van der Waals surface area (Å²) in [5.41, 5.74) is 5.66. The van der Waals surface area contributed by atoms with Crippen molar-refractivity contribution in [2.75, 3.05) is 19.8 Å². The van der Waals surface area contributed by atoms with Crippen LogP contribution in [0.15, 0.2) is 35.2 Å². The average molecular weight is 479 g/mol. The van der Waals surface area contributed by atoms with Crippen molar-refractivity contribution in [3.05, 3.63) is 52.8 Å². The van der Waals surface area contributed by atoms with Crippen molar-refractivity contribution in [1.29, 1.82) is 0 Å². The van der Waals surface area contributed by atoms with Crippen LogP contribution in [0, 0.1) is 0 Å². The van der Waals surface area contributed by atoms with Crippen molar-refractivity contribution < 1.29 is 14.0 Å². The first-order chi connectivity index (χ1) is 16.7. The molecule has 2 unspecified atom stereocenters. The van der Waals surface area contributed by atoms with Gasteiger partial charge in [-0.3, -0.25) is 4.68 Å². The highest BCUT2D eigenvalue weighted by molar-refractivity contribution is 6.31. The molecule has 3 aliphatic heterocycles. The third-order valence-corrected chi connectivity index (χ3v) is 7.12. The summed E-state index contributed by atoms with van der Waals surface area (Å²) in [6.07, 6.45) is 7.84. The molecule has 0 amide bonds. The molecule has 0 bridgehead atoms. The second-order valence-corrected chi connectivity index (χ2v) is 9.56. The fourth-order valence-electron chi connectivity index (χ4n) is 5.16. The molecule has 0 N–H and O–H groups in total. The van der Waals surface area contributed by atoms with E-state index in [9.17, 15) is 0 Å². The van der Waals surface area contributed by atoms with Gasteiger partial charge in [0.15, 0.2) is 11.5 Å². The molecule has 3 aliphatic rings. The SMILES string of the molecule is Clc1ccc2c(c1)-c1nn(CC3CCCO3)cc1Cc1c(-c3nc(C4CCOC4)no3)ncn1-2. The fraction of sp³-hybridized carbons (Fsp3) is 0.417. The van der Waals surface area contributed by atoms with Gasteiger partial charge in [-0.1, -0.05) is 16.8 Å². The normalized spacial score (nSPS) is 21.3. The molecular weight excluding hydrogens is 456 g/mol. The lowest BCUT2D eigenvalue weighted by Crippen LogP contribution is -2.15. The Morgan fingerprint density at radius 1 is 1.15 bits per heavy atom. The monoisotopic (exact) mass is 478 g/mol. The lowest BCUT2D eigenvalue weighted by atomic mass is 10.0. The summed E-state index contributed by atoms with van der Waals surface area (Å²) in [7, 11) is 0. The maximum atomic E-state index is 6.41. The van der Waals surface area contributed by atoms with E-state index in [-0.39, 0.29) is 12.0 Å². The quantitative estimate of drug-likeness (QED) is 0.385. The van der Waals surface area contributed by atoms with Crippen molar-refractivity contribution in [3.63, 3.8) is 0 Å². The van der Waals surface area contributed by atoms with Gasteiger partial charge < -0.3 is 18.6 Å². The van der Waals surface area contributed by atoms with Gasteiger partial charge >= 0.3 is 0 Å². The number of hydrogen-bond donors (Lipinski definition) is 0. The number of hydrogen-bond acceptors (Lipinski definition) is 7. The van der Waals surface area contributed by atoms with Crippen LogP contribution < -0.4 is 0 Å². The Kier molecular flexibility index (Phi) is 4.82. The van der Waals surface area contributed by atoms with Crippen molar-refractivity contribution in [3.8, 4) is 28.5 Å². The maximum absolute atomic E-state index is 6.41. The standard InChI is InChI=1S/C24H23ClN6O3/c25-16-3-4-19-18(9-16)21-15(10-30(28-21)11-17-2-1-6-33-17)8-20-22(26-13-31(19)20)24-27-23(29-34-24)14-5-7-32-12-14/h3-4,9-10,13-14,17H,1-2,5-8,11-12H2. The average Bonchev–Trinajstić information content (AvgIpc) is 3.64. The predicted octanol–water partition coefficient (Wildman–Crippen LogP) is 4.03. The van der Waals surface area contributed by atoms with E-state index < -0.39 is 0 Å². The van der Waals surface area contributed by atoms with E-state index in [1.807, 2.05) is 29.2 Å². The number of aromatic nitrogens is 6. The smallest absolute Gasteiger partial charge is 0.278 e. The van der Waals surface area contributed by atoms with Gasteiger partial charge in [-0.2, -0.15) is 10.1 Å². The molecule has 1 aromatic carbocycles.